The summed E-state index contributed by atoms with van der Waals surface area (Å²) < 4.78 is 4.98. The summed E-state index contributed by atoms with van der Waals surface area (Å²) in [6.45, 7) is 2.41. The predicted octanol–water partition coefficient (Wildman–Crippen LogP) is 14.8. The molecule has 1 unspecified atom stereocenters. The van der Waals surface area contributed by atoms with Crippen molar-refractivity contribution < 1.29 is 0 Å². The van der Waals surface area contributed by atoms with E-state index in [1.807, 2.05) is 0 Å². The van der Waals surface area contributed by atoms with Crippen LogP contribution in [-0.4, -0.2) is 9.13 Å². The first-order chi connectivity index (χ1) is 28.1. The Kier molecular flexibility index (Phi) is 6.86. The standard InChI is InChI=1S/C55H38N2/c1-55(31-13-15-39(35-55)47-34-48-41-18-6-5-14-36(41)25-28-44(48)42-19-7-8-20-43(42)47)57-53-24-12-10-22-46(53)50-33-38(27-30-54(50)57)37-26-29-52-49(32-37)45-21-9-11-23-51(45)56(52)40-16-3-2-4-17-40/h2-34H,35H2,1H3. The molecule has 0 N–H and O–H groups in total. The largest absolute Gasteiger partial charge is 0.331 e. The van der Waals surface area contributed by atoms with E-state index in [0.29, 0.717) is 0 Å². The zero-order valence-electron chi connectivity index (χ0n) is 31.7. The summed E-state index contributed by atoms with van der Waals surface area (Å²) in [5, 5.41) is 12.9. The van der Waals surface area contributed by atoms with Gasteiger partial charge in [0, 0.05) is 38.3 Å². The fraction of sp³-hybridized carbons (Fsp3) is 0.0545. The lowest BCUT2D eigenvalue weighted by molar-refractivity contribution is 0.444. The third-order valence-corrected chi connectivity index (χ3v) is 12.6. The van der Waals surface area contributed by atoms with Crippen LogP contribution >= 0.6 is 0 Å². The third-order valence-electron chi connectivity index (χ3n) is 12.6. The first kappa shape index (κ1) is 32.1. The number of fused-ring (bicyclic) bond motifs is 11. The van der Waals surface area contributed by atoms with Gasteiger partial charge in [-0.2, -0.15) is 0 Å². The Morgan fingerprint density at radius 2 is 0.982 bits per heavy atom. The van der Waals surface area contributed by atoms with Crippen molar-refractivity contribution in [3.05, 3.63) is 206 Å². The van der Waals surface area contributed by atoms with Gasteiger partial charge in [0.1, 0.15) is 0 Å². The van der Waals surface area contributed by atoms with Gasteiger partial charge in [0.2, 0.25) is 0 Å². The van der Waals surface area contributed by atoms with E-state index in [2.05, 4.69) is 216 Å². The van der Waals surface area contributed by atoms with Crippen LogP contribution in [0.2, 0.25) is 0 Å². The van der Waals surface area contributed by atoms with Crippen molar-refractivity contribution in [2.24, 2.45) is 0 Å². The number of hydrogen-bond acceptors (Lipinski definition) is 0. The molecule has 0 amide bonds. The summed E-state index contributed by atoms with van der Waals surface area (Å²) in [4.78, 5) is 0. The van der Waals surface area contributed by atoms with Crippen LogP contribution in [-0.2, 0) is 5.54 Å². The van der Waals surface area contributed by atoms with E-state index in [4.69, 9.17) is 0 Å². The molecule has 12 rings (SSSR count). The van der Waals surface area contributed by atoms with Gasteiger partial charge < -0.3 is 9.13 Å². The summed E-state index contributed by atoms with van der Waals surface area (Å²) in [5.41, 5.74) is 11.0. The lowest BCUT2D eigenvalue weighted by atomic mass is 9.82. The van der Waals surface area contributed by atoms with Crippen molar-refractivity contribution in [2.75, 3.05) is 0 Å². The summed E-state index contributed by atoms with van der Waals surface area (Å²) in [6, 6.07) is 67.2. The molecule has 2 aromatic heterocycles. The average molecular weight is 727 g/mol. The van der Waals surface area contributed by atoms with Crippen molar-refractivity contribution in [1.82, 2.24) is 9.13 Å². The molecule has 0 saturated carbocycles. The van der Waals surface area contributed by atoms with E-state index in [-0.39, 0.29) is 5.54 Å². The van der Waals surface area contributed by atoms with Crippen molar-refractivity contribution in [3.8, 4) is 16.8 Å². The van der Waals surface area contributed by atoms with Crippen molar-refractivity contribution in [3.63, 3.8) is 0 Å². The number of benzene rings is 9. The van der Waals surface area contributed by atoms with Gasteiger partial charge in [0.15, 0.2) is 0 Å². The number of aromatic nitrogens is 2. The minimum absolute atomic E-state index is 0.292. The molecular formula is C55H38N2. The van der Waals surface area contributed by atoms with E-state index in [1.165, 1.54) is 104 Å². The Labute approximate surface area is 330 Å². The van der Waals surface area contributed by atoms with Gasteiger partial charge in [-0.1, -0.05) is 146 Å². The Balaban J connectivity index is 0.998. The molecule has 1 aliphatic carbocycles. The molecule has 57 heavy (non-hydrogen) atoms. The lowest BCUT2D eigenvalue weighted by Crippen LogP contribution is -2.29. The summed E-state index contributed by atoms with van der Waals surface area (Å²) in [5.74, 6) is 0. The number of para-hydroxylation sites is 3. The highest BCUT2D eigenvalue weighted by molar-refractivity contribution is 6.20. The van der Waals surface area contributed by atoms with Crippen molar-refractivity contribution >= 4 is 81.5 Å². The Morgan fingerprint density at radius 1 is 0.421 bits per heavy atom. The number of allylic oxidation sites excluding steroid dienone is 4. The van der Waals surface area contributed by atoms with E-state index in [0.717, 1.165) is 6.42 Å². The average Bonchev–Trinajstić information content (AvgIpc) is 3.79. The van der Waals surface area contributed by atoms with Gasteiger partial charge in [-0.3, -0.25) is 0 Å². The maximum absolute atomic E-state index is 2.60. The third kappa shape index (κ3) is 4.77. The second-order valence-corrected chi connectivity index (χ2v) is 15.9. The normalized spacial score (nSPS) is 15.8. The van der Waals surface area contributed by atoms with Gasteiger partial charge in [0.05, 0.1) is 16.6 Å². The molecule has 0 spiro atoms. The van der Waals surface area contributed by atoms with Crippen LogP contribution in [0.15, 0.2) is 200 Å². The molecule has 1 atom stereocenters. The van der Waals surface area contributed by atoms with Crippen LogP contribution < -0.4 is 0 Å². The molecular weight excluding hydrogens is 689 g/mol. The van der Waals surface area contributed by atoms with Crippen LogP contribution in [0.4, 0.5) is 0 Å². The van der Waals surface area contributed by atoms with Crippen LogP contribution in [0.1, 0.15) is 18.9 Å². The fourth-order valence-corrected chi connectivity index (χ4v) is 10.1. The zero-order valence-corrected chi connectivity index (χ0v) is 31.7. The highest BCUT2D eigenvalue weighted by Gasteiger charge is 2.31. The van der Waals surface area contributed by atoms with Crippen molar-refractivity contribution in [1.29, 1.82) is 0 Å². The molecule has 0 aliphatic heterocycles. The van der Waals surface area contributed by atoms with Crippen LogP contribution in [0.25, 0.3) is 98.3 Å². The Hall–Kier alpha value is -7.16. The van der Waals surface area contributed by atoms with Gasteiger partial charge >= 0.3 is 0 Å². The molecule has 0 radical (unpaired) electrons. The van der Waals surface area contributed by atoms with Crippen LogP contribution in [0, 0.1) is 0 Å². The molecule has 2 heterocycles. The first-order valence-electron chi connectivity index (χ1n) is 20.0. The zero-order chi connectivity index (χ0) is 37.7. The topological polar surface area (TPSA) is 9.86 Å². The number of nitrogens with zero attached hydrogens (tertiary/aromatic N) is 2. The molecule has 0 saturated heterocycles. The fourth-order valence-electron chi connectivity index (χ4n) is 10.1. The lowest BCUT2D eigenvalue weighted by Gasteiger charge is -2.34. The molecule has 1 aliphatic rings. The minimum Gasteiger partial charge on any atom is -0.331 e. The highest BCUT2D eigenvalue weighted by Crippen LogP contribution is 2.45. The summed E-state index contributed by atoms with van der Waals surface area (Å²) in [6.07, 6.45) is 7.92. The second kappa shape index (κ2) is 12.2. The SMILES string of the molecule is CC1(n2c3ccccc3c3cc(-c4ccc5c(c4)c4ccccc4n5-c4ccccc4)ccc32)C=CC=C(c2cc3c4ccccc4ccc3c3ccccc23)C1. The Bertz CT molecular complexity index is 3500. The van der Waals surface area contributed by atoms with Crippen LogP contribution in [0.5, 0.6) is 0 Å². The molecule has 0 fully saturated rings. The molecule has 2 heteroatoms. The number of hydrogen-bond donors (Lipinski definition) is 0. The second-order valence-electron chi connectivity index (χ2n) is 15.9. The quantitative estimate of drug-likeness (QED) is 0.160. The maximum Gasteiger partial charge on any atom is 0.0649 e. The van der Waals surface area contributed by atoms with E-state index in [9.17, 15) is 0 Å². The van der Waals surface area contributed by atoms with Crippen LogP contribution in [0.3, 0.4) is 0 Å². The molecule has 268 valence electrons. The highest BCUT2D eigenvalue weighted by atomic mass is 15.1. The van der Waals surface area contributed by atoms with Gasteiger partial charge in [-0.25, -0.2) is 0 Å². The van der Waals surface area contributed by atoms with Crippen molar-refractivity contribution in [2.45, 2.75) is 18.9 Å². The predicted molar refractivity (Wildman–Crippen MR) is 244 cm³/mol. The van der Waals surface area contributed by atoms with Gasteiger partial charge in [-0.05, 0) is 123 Å². The maximum atomic E-state index is 2.60. The number of rotatable bonds is 4. The molecule has 2 nitrogen and oxygen atoms in total. The van der Waals surface area contributed by atoms with E-state index >= 15 is 0 Å². The van der Waals surface area contributed by atoms with E-state index in [1.54, 1.807) is 0 Å². The molecule has 9 aromatic carbocycles. The first-order valence-corrected chi connectivity index (χ1v) is 20.0. The minimum atomic E-state index is -0.292. The monoisotopic (exact) mass is 726 g/mol. The summed E-state index contributed by atoms with van der Waals surface area (Å²) >= 11 is 0. The molecule has 0 bridgehead atoms. The summed E-state index contributed by atoms with van der Waals surface area (Å²) in [7, 11) is 0. The van der Waals surface area contributed by atoms with Gasteiger partial charge in [0.25, 0.3) is 0 Å². The Morgan fingerprint density at radius 3 is 1.77 bits per heavy atom. The van der Waals surface area contributed by atoms with E-state index < -0.39 is 0 Å². The molecule has 11 aromatic rings. The smallest absolute Gasteiger partial charge is 0.0649 e. The van der Waals surface area contributed by atoms with Gasteiger partial charge in [-0.15, -0.1) is 0 Å².